The number of amides is 1. The van der Waals surface area contributed by atoms with Gasteiger partial charge in [-0.1, -0.05) is 90.1 Å². The second-order valence-corrected chi connectivity index (χ2v) is 12.6. The van der Waals surface area contributed by atoms with Crippen LogP contribution < -0.4 is 10.6 Å². The molecular weight excluding hydrogens is 606 g/mol. The number of hydrogen-bond acceptors (Lipinski definition) is 6. The lowest BCUT2D eigenvalue weighted by Gasteiger charge is -2.20. The second-order valence-electron chi connectivity index (χ2n) is 12.6. The largest absolute Gasteiger partial charge is 0.340 e. The van der Waals surface area contributed by atoms with Crippen LogP contribution in [0.1, 0.15) is 92.7 Å². The van der Waals surface area contributed by atoms with E-state index in [9.17, 15) is 4.79 Å². The summed E-state index contributed by atoms with van der Waals surface area (Å²) < 4.78 is 5.34. The van der Waals surface area contributed by atoms with Crippen molar-refractivity contribution in [2.45, 2.75) is 73.1 Å². The summed E-state index contributed by atoms with van der Waals surface area (Å²) in [7, 11) is 1.86. The van der Waals surface area contributed by atoms with Crippen molar-refractivity contribution in [3.8, 4) is 0 Å². The zero-order valence-corrected chi connectivity index (χ0v) is 29.7. The summed E-state index contributed by atoms with van der Waals surface area (Å²) in [5.74, 6) is -0.153. The number of aryl methyl sites for hydroxylation is 1. The van der Waals surface area contributed by atoms with Crippen molar-refractivity contribution in [2.75, 3.05) is 13.6 Å². The molecule has 3 aromatic heterocycles. The lowest BCUT2D eigenvalue weighted by atomic mass is 9.96. The van der Waals surface area contributed by atoms with Gasteiger partial charge in [-0.3, -0.25) is 9.78 Å². The fourth-order valence-electron chi connectivity index (χ4n) is 6.26. The van der Waals surface area contributed by atoms with Crippen LogP contribution in [-0.2, 0) is 6.42 Å². The van der Waals surface area contributed by atoms with Crippen LogP contribution in [-0.4, -0.2) is 44.7 Å². The van der Waals surface area contributed by atoms with E-state index in [4.69, 9.17) is 14.6 Å². The van der Waals surface area contributed by atoms with Gasteiger partial charge < -0.3 is 4.90 Å². The zero-order chi connectivity index (χ0) is 34.8. The Bertz CT molecular complexity index is 2090. The number of nitrogens with zero attached hydrogens (tertiary/aromatic N) is 5. The summed E-state index contributed by atoms with van der Waals surface area (Å²) in [6, 6.07) is 8.16. The van der Waals surface area contributed by atoms with E-state index >= 15 is 0 Å². The van der Waals surface area contributed by atoms with Crippen LogP contribution in [0.4, 0.5) is 0 Å². The molecule has 252 valence electrons. The van der Waals surface area contributed by atoms with Crippen molar-refractivity contribution in [1.29, 1.82) is 0 Å². The Labute approximate surface area is 289 Å². The first-order valence-electron chi connectivity index (χ1n) is 17.2. The van der Waals surface area contributed by atoms with Crippen molar-refractivity contribution < 1.29 is 9.42 Å². The molecule has 1 amide bonds. The number of fused-ring (bicyclic) bond motifs is 1. The van der Waals surface area contributed by atoms with Gasteiger partial charge in [0.1, 0.15) is 16.9 Å². The molecule has 3 aromatic rings. The van der Waals surface area contributed by atoms with E-state index in [0.717, 1.165) is 65.8 Å². The number of allylic oxidation sites excluding steroid dienone is 12. The molecule has 0 saturated heterocycles. The van der Waals surface area contributed by atoms with Gasteiger partial charge in [0.15, 0.2) is 5.52 Å². The molecule has 7 nitrogen and oxygen atoms in total. The molecule has 7 heteroatoms. The second kappa shape index (κ2) is 16.8. The first-order chi connectivity index (χ1) is 23.8. The Morgan fingerprint density at radius 2 is 1.61 bits per heavy atom. The molecule has 0 aromatic carbocycles. The average molecular weight is 654 g/mol. The van der Waals surface area contributed by atoms with Crippen LogP contribution in [0.15, 0.2) is 94.8 Å². The minimum Gasteiger partial charge on any atom is -0.340 e. The highest BCUT2D eigenvalue weighted by molar-refractivity contribution is 6.07. The predicted octanol–water partition coefficient (Wildman–Crippen LogP) is 8.11. The van der Waals surface area contributed by atoms with E-state index in [1.807, 2.05) is 44.5 Å². The maximum absolute atomic E-state index is 14.4. The van der Waals surface area contributed by atoms with Crippen LogP contribution in [0.2, 0.25) is 0 Å². The molecule has 49 heavy (non-hydrogen) atoms. The van der Waals surface area contributed by atoms with E-state index in [1.54, 1.807) is 4.90 Å². The standard InChI is InChI=1S/C42H47N5O2/c1-7-34-35(31(5)19-10-9-14-27-43-36(34)8-2)22-13-15-28-47(6)42(48)40-37(32-21-16-18-30(4)23-25-32)39-41(46-49-45-39)38(44-40)33-20-12-11-17-29(3)24-26-33/h7-10,14,17-21,23-27H,11-13,15-16,22,28H2,1-6H3/b14-9?,19-10?,26-24-,29-17?,33-20+,34-7-,35-31?,36-8+,43-27?. The van der Waals surface area contributed by atoms with Gasteiger partial charge >= 0.3 is 0 Å². The highest BCUT2D eigenvalue weighted by atomic mass is 16.6. The Kier molecular flexibility index (Phi) is 12.0. The molecule has 5 rings (SSSR count). The van der Waals surface area contributed by atoms with Crippen LogP contribution in [0.5, 0.6) is 0 Å². The topological polar surface area (TPSA) is 85.0 Å². The van der Waals surface area contributed by atoms with Crippen LogP contribution in [0, 0.1) is 6.92 Å². The fourth-order valence-corrected chi connectivity index (χ4v) is 6.26. The van der Waals surface area contributed by atoms with E-state index in [2.05, 4.69) is 98.7 Å². The third-order valence-corrected chi connectivity index (χ3v) is 9.03. The zero-order valence-electron chi connectivity index (χ0n) is 29.7. The van der Waals surface area contributed by atoms with Gasteiger partial charge in [-0.15, -0.1) is 0 Å². The van der Waals surface area contributed by atoms with Crippen LogP contribution in [0.3, 0.4) is 0 Å². The van der Waals surface area contributed by atoms with Gasteiger partial charge in [0.2, 0.25) is 0 Å². The van der Waals surface area contributed by atoms with Gasteiger partial charge in [0.05, 0.1) is 5.35 Å². The minimum absolute atomic E-state index is 0.153. The summed E-state index contributed by atoms with van der Waals surface area (Å²) in [6.45, 7) is 11.0. The SMILES string of the molecule is C/C=c1/c(CCCCN(C)C(=O)c2nc(C3=C/CCC=C(C)/C=C\3)c3nonc3c2C2=CCC=C(C)C=C2)c(C)cccccn/c1=C/C. The molecular formula is C42H47N5O2. The first kappa shape index (κ1) is 35.1. The summed E-state index contributed by atoms with van der Waals surface area (Å²) in [5.41, 5.74) is 9.34. The van der Waals surface area contributed by atoms with Crippen molar-refractivity contribution in [2.24, 2.45) is 0 Å². The molecule has 0 fully saturated rings. The number of unbranched alkanes of at least 4 members (excludes halogenated alkanes) is 1. The quantitative estimate of drug-likeness (QED) is 0.229. The van der Waals surface area contributed by atoms with E-state index in [-0.39, 0.29) is 5.91 Å². The number of hydrogen-bond donors (Lipinski definition) is 0. The molecule has 0 aliphatic heterocycles. The maximum atomic E-state index is 14.4. The summed E-state index contributed by atoms with van der Waals surface area (Å²) in [4.78, 5) is 26.0. The normalized spacial score (nSPS) is 17.2. The maximum Gasteiger partial charge on any atom is 0.272 e. The Morgan fingerprint density at radius 3 is 2.41 bits per heavy atom. The molecule has 0 unspecified atom stereocenters. The molecule has 0 radical (unpaired) electrons. The molecule has 0 saturated carbocycles. The number of aromatic nitrogens is 4. The molecule has 0 spiro atoms. The van der Waals surface area contributed by atoms with Crippen molar-refractivity contribution in [3.05, 3.63) is 129 Å². The number of pyridine rings is 1. The lowest BCUT2D eigenvalue weighted by Crippen LogP contribution is -2.31. The molecule has 2 aliphatic carbocycles. The monoisotopic (exact) mass is 653 g/mol. The van der Waals surface area contributed by atoms with Gasteiger partial charge in [-0.05, 0) is 117 Å². The fraction of sp³-hybridized carbons (Fsp3) is 0.310. The highest BCUT2D eigenvalue weighted by Gasteiger charge is 2.27. The average Bonchev–Trinajstić information content (AvgIpc) is 3.49. The van der Waals surface area contributed by atoms with Crippen LogP contribution >= 0.6 is 0 Å². The summed E-state index contributed by atoms with van der Waals surface area (Å²) >= 11 is 0. The smallest absolute Gasteiger partial charge is 0.272 e. The molecule has 3 heterocycles. The predicted molar refractivity (Wildman–Crippen MR) is 201 cm³/mol. The van der Waals surface area contributed by atoms with Crippen molar-refractivity contribution in [1.82, 2.24) is 25.2 Å². The first-order valence-corrected chi connectivity index (χ1v) is 17.2. The number of rotatable bonds is 8. The summed E-state index contributed by atoms with van der Waals surface area (Å²) in [5, 5.41) is 10.8. The molecule has 0 bridgehead atoms. The Hall–Kier alpha value is -5.17. The Balaban J connectivity index is 1.48. The van der Waals surface area contributed by atoms with Gasteiger partial charge in [0, 0.05) is 25.4 Å². The summed E-state index contributed by atoms with van der Waals surface area (Å²) in [6.07, 6.45) is 28.0. The van der Waals surface area contributed by atoms with Gasteiger partial charge in [0.25, 0.3) is 5.91 Å². The third kappa shape index (κ3) is 8.47. The lowest BCUT2D eigenvalue weighted by molar-refractivity contribution is 0.0787. The molecule has 0 N–H and O–H groups in total. The number of carbonyl (C=O) groups excluding carboxylic acids is 1. The minimum atomic E-state index is -0.153. The van der Waals surface area contributed by atoms with Crippen LogP contribution in [0.25, 0.3) is 34.3 Å². The third-order valence-electron chi connectivity index (χ3n) is 9.03. The molecule has 0 atom stereocenters. The van der Waals surface area contributed by atoms with Crippen molar-refractivity contribution >= 4 is 40.2 Å². The van der Waals surface area contributed by atoms with E-state index in [1.165, 1.54) is 16.7 Å². The Morgan fingerprint density at radius 1 is 0.857 bits per heavy atom. The van der Waals surface area contributed by atoms with E-state index in [0.29, 0.717) is 34.5 Å². The molecule has 2 aliphatic rings. The van der Waals surface area contributed by atoms with Gasteiger partial charge in [-0.25, -0.2) is 9.61 Å². The highest BCUT2D eigenvalue weighted by Crippen LogP contribution is 2.34. The van der Waals surface area contributed by atoms with Crippen molar-refractivity contribution in [3.63, 3.8) is 0 Å². The van der Waals surface area contributed by atoms with Gasteiger partial charge in [-0.2, -0.15) is 0 Å². The van der Waals surface area contributed by atoms with E-state index < -0.39 is 0 Å². The number of carbonyl (C=O) groups is 1.